The number of hydrogen-bond acceptors (Lipinski definition) is 0. The minimum absolute atomic E-state index is 0.180. The Labute approximate surface area is 203 Å². The lowest BCUT2D eigenvalue weighted by atomic mass is 9.87. The molecule has 0 amide bonds. The maximum Gasteiger partial charge on any atom is 0.224 e. The Hall–Kier alpha value is -3.72. The first kappa shape index (κ1) is 20.6. The van der Waals surface area contributed by atoms with Gasteiger partial charge in [-0.3, -0.25) is 0 Å². The molecular formula is C32H28FN2+. The van der Waals surface area contributed by atoms with Gasteiger partial charge in [-0.05, 0) is 70.3 Å². The quantitative estimate of drug-likeness (QED) is 0.134. The van der Waals surface area contributed by atoms with E-state index in [9.17, 15) is 4.39 Å². The van der Waals surface area contributed by atoms with Crippen molar-refractivity contribution in [2.75, 3.05) is 0 Å². The number of aryl methyl sites for hydroxylation is 2. The Balaban J connectivity index is 1.88. The molecule has 0 saturated carbocycles. The van der Waals surface area contributed by atoms with E-state index in [-0.39, 0.29) is 11.2 Å². The van der Waals surface area contributed by atoms with Crippen LogP contribution in [0.25, 0.3) is 59.8 Å². The highest BCUT2D eigenvalue weighted by Crippen LogP contribution is 2.45. The molecule has 0 aliphatic carbocycles. The zero-order valence-electron chi connectivity index (χ0n) is 20.8. The fraction of sp³-hybridized carbons (Fsp3) is 0.219. The van der Waals surface area contributed by atoms with Gasteiger partial charge in [-0.15, -0.1) is 0 Å². The van der Waals surface area contributed by atoms with Crippen LogP contribution in [0.15, 0.2) is 66.9 Å². The average molecular weight is 460 g/mol. The minimum Gasteiger partial charge on any atom is -0.307 e. The topological polar surface area (TPSA) is 8.29 Å². The van der Waals surface area contributed by atoms with Crippen LogP contribution in [0.5, 0.6) is 0 Å². The van der Waals surface area contributed by atoms with Crippen molar-refractivity contribution >= 4 is 59.8 Å². The fourth-order valence-electron chi connectivity index (χ4n) is 6.39. The average Bonchev–Trinajstić information content (AvgIpc) is 3.13. The van der Waals surface area contributed by atoms with E-state index in [1.807, 2.05) is 6.07 Å². The van der Waals surface area contributed by atoms with Crippen molar-refractivity contribution in [2.24, 2.45) is 12.5 Å². The molecule has 7 aromatic rings. The number of aromatic nitrogens is 2. The van der Waals surface area contributed by atoms with Gasteiger partial charge in [0.2, 0.25) is 5.52 Å². The SMILES string of the molecule is Cc1c2ccccc2c2c3cc(F)ccc3n3c4cc(CC(C)(C)C)cc5cc[n+](C)c(c1c23)c54. The third-order valence-electron chi connectivity index (χ3n) is 7.63. The molecule has 0 saturated heterocycles. The van der Waals surface area contributed by atoms with E-state index in [1.54, 1.807) is 12.1 Å². The van der Waals surface area contributed by atoms with Gasteiger partial charge in [0.1, 0.15) is 12.9 Å². The predicted molar refractivity (Wildman–Crippen MR) is 145 cm³/mol. The zero-order chi connectivity index (χ0) is 24.2. The van der Waals surface area contributed by atoms with Gasteiger partial charge in [0.15, 0.2) is 6.20 Å². The maximum atomic E-state index is 14.7. The molecule has 172 valence electrons. The summed E-state index contributed by atoms with van der Waals surface area (Å²) in [7, 11) is 2.14. The number of nitrogens with zero attached hydrogens (tertiary/aromatic N) is 2. The standard InChI is InChI=1S/C32H28FN2/c1-18-22-8-6-7-9-23(22)29-24-16-21(33)10-11-25(24)35-26-15-19(17-32(2,3)4)14-20-12-13-34(5)30(28(20)26)27(18)31(29)35/h6-16H,17H2,1-5H3/q+1. The normalized spacial score (nSPS) is 13.0. The van der Waals surface area contributed by atoms with Crippen LogP contribution in [-0.4, -0.2) is 4.40 Å². The van der Waals surface area contributed by atoms with E-state index >= 15 is 0 Å². The summed E-state index contributed by atoms with van der Waals surface area (Å²) in [4.78, 5) is 0. The van der Waals surface area contributed by atoms with Crippen LogP contribution in [0.3, 0.4) is 0 Å². The Bertz CT molecular complexity index is 1990. The molecule has 0 fully saturated rings. The third-order valence-corrected chi connectivity index (χ3v) is 7.63. The first-order valence-corrected chi connectivity index (χ1v) is 12.3. The van der Waals surface area contributed by atoms with Crippen LogP contribution in [0, 0.1) is 18.2 Å². The molecule has 0 N–H and O–H groups in total. The Morgan fingerprint density at radius 3 is 2.37 bits per heavy atom. The van der Waals surface area contributed by atoms with Gasteiger partial charge in [-0.25, -0.2) is 8.96 Å². The summed E-state index contributed by atoms with van der Waals surface area (Å²) in [5.74, 6) is -0.197. The first-order valence-electron chi connectivity index (χ1n) is 12.3. The van der Waals surface area contributed by atoms with Crippen molar-refractivity contribution < 1.29 is 8.96 Å². The number of benzene rings is 4. The lowest BCUT2D eigenvalue weighted by Crippen LogP contribution is -2.29. The molecule has 35 heavy (non-hydrogen) atoms. The number of pyridine rings is 2. The molecule has 2 nitrogen and oxygen atoms in total. The second-order valence-electron chi connectivity index (χ2n) is 11.4. The zero-order valence-corrected chi connectivity index (χ0v) is 20.8. The molecule has 7 rings (SSSR count). The second kappa shape index (κ2) is 6.69. The number of rotatable bonds is 1. The molecule has 0 aliphatic heterocycles. The highest BCUT2D eigenvalue weighted by molar-refractivity contribution is 6.32. The largest absolute Gasteiger partial charge is 0.307 e. The van der Waals surface area contributed by atoms with Crippen LogP contribution >= 0.6 is 0 Å². The van der Waals surface area contributed by atoms with Gasteiger partial charge in [-0.1, -0.05) is 51.1 Å². The summed E-state index contributed by atoms with van der Waals surface area (Å²) in [5.41, 5.74) is 7.46. The molecular weight excluding hydrogens is 431 g/mol. The van der Waals surface area contributed by atoms with Crippen molar-refractivity contribution in [3.8, 4) is 0 Å². The lowest BCUT2D eigenvalue weighted by molar-refractivity contribution is -0.643. The summed E-state index contributed by atoms with van der Waals surface area (Å²) in [6.45, 7) is 9.10. The Kier molecular flexibility index (Phi) is 3.95. The predicted octanol–water partition coefficient (Wildman–Crippen LogP) is 8.00. The molecule has 0 bridgehead atoms. The lowest BCUT2D eigenvalue weighted by Gasteiger charge is -2.20. The molecule has 0 spiro atoms. The molecule has 3 aromatic heterocycles. The van der Waals surface area contributed by atoms with Gasteiger partial charge in [0, 0.05) is 16.8 Å². The van der Waals surface area contributed by atoms with Crippen molar-refractivity contribution in [1.29, 1.82) is 0 Å². The van der Waals surface area contributed by atoms with E-state index in [2.05, 4.69) is 92.4 Å². The van der Waals surface area contributed by atoms with E-state index < -0.39 is 0 Å². The smallest absolute Gasteiger partial charge is 0.224 e. The van der Waals surface area contributed by atoms with Crippen LogP contribution in [0.1, 0.15) is 31.9 Å². The fourth-order valence-corrected chi connectivity index (χ4v) is 6.39. The van der Waals surface area contributed by atoms with Gasteiger partial charge in [0.05, 0.1) is 27.3 Å². The molecule has 4 aromatic carbocycles. The first-order chi connectivity index (χ1) is 16.7. The van der Waals surface area contributed by atoms with Crippen LogP contribution < -0.4 is 4.57 Å². The monoisotopic (exact) mass is 459 g/mol. The number of halogens is 1. The van der Waals surface area contributed by atoms with Gasteiger partial charge in [0.25, 0.3) is 0 Å². The summed E-state index contributed by atoms with van der Waals surface area (Å²) < 4.78 is 19.3. The molecule has 3 heterocycles. The molecule has 0 atom stereocenters. The van der Waals surface area contributed by atoms with Gasteiger partial charge >= 0.3 is 0 Å². The van der Waals surface area contributed by atoms with Crippen molar-refractivity contribution in [3.63, 3.8) is 0 Å². The molecule has 0 aliphatic rings. The van der Waals surface area contributed by atoms with E-state index in [1.165, 1.54) is 54.6 Å². The summed E-state index contributed by atoms with van der Waals surface area (Å²) in [6.07, 6.45) is 3.17. The van der Waals surface area contributed by atoms with Crippen molar-refractivity contribution in [1.82, 2.24) is 4.40 Å². The summed E-state index contributed by atoms with van der Waals surface area (Å²) in [5, 5.41) is 8.29. The second-order valence-corrected chi connectivity index (χ2v) is 11.4. The number of hydrogen-bond donors (Lipinski definition) is 0. The van der Waals surface area contributed by atoms with E-state index in [4.69, 9.17) is 0 Å². The maximum absolute atomic E-state index is 14.7. The highest BCUT2D eigenvalue weighted by atomic mass is 19.1. The Morgan fingerprint density at radius 1 is 0.829 bits per heavy atom. The third kappa shape index (κ3) is 2.72. The van der Waals surface area contributed by atoms with Gasteiger partial charge < -0.3 is 4.40 Å². The summed E-state index contributed by atoms with van der Waals surface area (Å²) >= 11 is 0. The minimum atomic E-state index is -0.197. The van der Waals surface area contributed by atoms with Crippen molar-refractivity contribution in [2.45, 2.75) is 34.1 Å². The van der Waals surface area contributed by atoms with E-state index in [0.29, 0.717) is 0 Å². The highest BCUT2D eigenvalue weighted by Gasteiger charge is 2.26. The molecule has 0 radical (unpaired) electrons. The van der Waals surface area contributed by atoms with Crippen LogP contribution in [0.4, 0.5) is 4.39 Å². The van der Waals surface area contributed by atoms with Gasteiger partial charge in [-0.2, -0.15) is 0 Å². The van der Waals surface area contributed by atoms with Crippen molar-refractivity contribution in [3.05, 3.63) is 83.8 Å². The van der Waals surface area contributed by atoms with Crippen LogP contribution in [0.2, 0.25) is 0 Å². The molecule has 3 heteroatoms. The summed E-state index contributed by atoms with van der Waals surface area (Å²) in [6, 6.07) is 20.8. The van der Waals surface area contributed by atoms with E-state index in [0.717, 1.165) is 22.7 Å². The molecule has 0 unspecified atom stereocenters. The van der Waals surface area contributed by atoms with Crippen LogP contribution in [-0.2, 0) is 13.5 Å². The Morgan fingerprint density at radius 2 is 1.60 bits per heavy atom. The number of fused-ring (bicyclic) bond motifs is 7.